The third-order valence-corrected chi connectivity index (χ3v) is 3.56. The van der Waals surface area contributed by atoms with Crippen LogP contribution in [-0.2, 0) is 0 Å². The largest absolute Gasteiger partial charge is 0.319 e. The third-order valence-electron chi connectivity index (χ3n) is 3.56. The first kappa shape index (κ1) is 18.1. The summed E-state index contributed by atoms with van der Waals surface area (Å²) in [6.45, 7) is 0. The fourth-order valence-corrected chi connectivity index (χ4v) is 2.23. The van der Waals surface area contributed by atoms with Crippen molar-refractivity contribution in [1.82, 2.24) is 4.98 Å². The van der Waals surface area contributed by atoms with Gasteiger partial charge in [0.1, 0.15) is 17.5 Å². The molecule has 1 aromatic heterocycles. The van der Waals surface area contributed by atoms with Gasteiger partial charge in [-0.25, -0.2) is 13.2 Å². The van der Waals surface area contributed by atoms with E-state index in [0.29, 0.717) is 6.07 Å². The van der Waals surface area contributed by atoms with E-state index in [1.807, 2.05) is 0 Å². The zero-order valence-corrected chi connectivity index (χ0v) is 13.7. The lowest BCUT2D eigenvalue weighted by Crippen LogP contribution is -2.17. The Morgan fingerprint density at radius 1 is 0.741 bits per heavy atom. The van der Waals surface area contributed by atoms with E-state index in [-0.39, 0.29) is 22.5 Å². The SMILES string of the molecule is O=C(Nc1ccccc1F)c1cncc(C(=O)Nc2ccc(F)cc2F)c1. The Hall–Kier alpha value is -3.68. The second-order valence-corrected chi connectivity index (χ2v) is 5.47. The molecule has 0 bridgehead atoms. The molecule has 0 radical (unpaired) electrons. The van der Waals surface area contributed by atoms with Crippen molar-refractivity contribution in [2.24, 2.45) is 0 Å². The molecule has 0 fully saturated rings. The second-order valence-electron chi connectivity index (χ2n) is 5.47. The molecule has 2 amide bonds. The number of nitrogens with one attached hydrogen (secondary N) is 2. The van der Waals surface area contributed by atoms with Gasteiger partial charge in [0.25, 0.3) is 11.8 Å². The lowest BCUT2D eigenvalue weighted by atomic mass is 10.1. The highest BCUT2D eigenvalue weighted by Gasteiger charge is 2.14. The van der Waals surface area contributed by atoms with Crippen LogP contribution in [0, 0.1) is 17.5 Å². The Morgan fingerprint density at radius 3 is 1.93 bits per heavy atom. The third kappa shape index (κ3) is 4.30. The number of carbonyl (C=O) groups is 2. The first-order chi connectivity index (χ1) is 12.9. The van der Waals surface area contributed by atoms with Crippen LogP contribution >= 0.6 is 0 Å². The van der Waals surface area contributed by atoms with Crippen LogP contribution in [0.3, 0.4) is 0 Å². The summed E-state index contributed by atoms with van der Waals surface area (Å²) < 4.78 is 40.2. The average Bonchev–Trinajstić information content (AvgIpc) is 2.66. The lowest BCUT2D eigenvalue weighted by Gasteiger charge is -2.09. The van der Waals surface area contributed by atoms with E-state index < -0.39 is 29.3 Å². The van der Waals surface area contributed by atoms with Crippen LogP contribution in [0.2, 0.25) is 0 Å². The zero-order chi connectivity index (χ0) is 19.4. The Labute approximate surface area is 151 Å². The Bertz CT molecular complexity index is 1020. The van der Waals surface area contributed by atoms with Crippen molar-refractivity contribution in [1.29, 1.82) is 0 Å². The highest BCUT2D eigenvalue weighted by Crippen LogP contribution is 2.17. The molecule has 27 heavy (non-hydrogen) atoms. The molecule has 3 aromatic rings. The van der Waals surface area contributed by atoms with Crippen LogP contribution in [-0.4, -0.2) is 16.8 Å². The smallest absolute Gasteiger partial charge is 0.257 e. The first-order valence-electron chi connectivity index (χ1n) is 7.71. The maximum Gasteiger partial charge on any atom is 0.257 e. The minimum atomic E-state index is -0.940. The van der Waals surface area contributed by atoms with Gasteiger partial charge in [-0.05, 0) is 30.3 Å². The molecule has 0 aliphatic rings. The summed E-state index contributed by atoms with van der Waals surface area (Å²) in [7, 11) is 0. The molecular weight excluding hydrogens is 359 g/mol. The number of pyridine rings is 1. The first-order valence-corrected chi connectivity index (χ1v) is 7.71. The maximum atomic E-state index is 13.6. The number of hydrogen-bond acceptors (Lipinski definition) is 3. The quantitative estimate of drug-likeness (QED) is 0.728. The van der Waals surface area contributed by atoms with Gasteiger partial charge in [-0.15, -0.1) is 0 Å². The minimum Gasteiger partial charge on any atom is -0.319 e. The summed E-state index contributed by atoms with van der Waals surface area (Å²) in [5.74, 6) is -3.74. The fraction of sp³-hybridized carbons (Fsp3) is 0. The number of para-hydroxylation sites is 1. The van der Waals surface area contributed by atoms with Crippen molar-refractivity contribution in [3.05, 3.63) is 89.5 Å². The number of halogens is 3. The molecule has 1 heterocycles. The summed E-state index contributed by atoms with van der Waals surface area (Å²) in [6, 6.07) is 9.53. The van der Waals surface area contributed by atoms with Gasteiger partial charge in [-0.2, -0.15) is 0 Å². The molecule has 0 spiro atoms. The molecule has 0 aliphatic carbocycles. The molecule has 136 valence electrons. The van der Waals surface area contributed by atoms with Crippen LogP contribution in [0.15, 0.2) is 60.9 Å². The number of benzene rings is 2. The molecule has 0 unspecified atom stereocenters. The van der Waals surface area contributed by atoms with Crippen molar-refractivity contribution in [2.45, 2.75) is 0 Å². The van der Waals surface area contributed by atoms with Crippen LogP contribution in [0.4, 0.5) is 24.5 Å². The van der Waals surface area contributed by atoms with Gasteiger partial charge in [0.2, 0.25) is 0 Å². The molecule has 2 aromatic carbocycles. The van der Waals surface area contributed by atoms with Crippen LogP contribution in [0.1, 0.15) is 20.7 Å². The van der Waals surface area contributed by atoms with Crippen molar-refractivity contribution < 1.29 is 22.8 Å². The molecule has 8 heteroatoms. The summed E-state index contributed by atoms with van der Waals surface area (Å²) in [5.41, 5.74) is -0.265. The second kappa shape index (κ2) is 7.69. The van der Waals surface area contributed by atoms with Gasteiger partial charge < -0.3 is 10.6 Å². The predicted molar refractivity (Wildman–Crippen MR) is 92.9 cm³/mol. The monoisotopic (exact) mass is 371 g/mol. The summed E-state index contributed by atoms with van der Waals surface area (Å²) in [5, 5.41) is 4.64. The summed E-state index contributed by atoms with van der Waals surface area (Å²) in [4.78, 5) is 28.3. The van der Waals surface area contributed by atoms with Gasteiger partial charge in [0.15, 0.2) is 0 Å². The fourth-order valence-electron chi connectivity index (χ4n) is 2.23. The maximum absolute atomic E-state index is 13.6. The molecule has 0 saturated heterocycles. The molecule has 0 aliphatic heterocycles. The van der Waals surface area contributed by atoms with Gasteiger partial charge in [0, 0.05) is 18.5 Å². The lowest BCUT2D eigenvalue weighted by molar-refractivity contribution is 0.102. The van der Waals surface area contributed by atoms with Gasteiger partial charge in [-0.1, -0.05) is 12.1 Å². The zero-order valence-electron chi connectivity index (χ0n) is 13.7. The number of aromatic nitrogens is 1. The van der Waals surface area contributed by atoms with E-state index in [1.165, 1.54) is 36.7 Å². The van der Waals surface area contributed by atoms with E-state index in [9.17, 15) is 22.8 Å². The average molecular weight is 371 g/mol. The summed E-state index contributed by atoms with van der Waals surface area (Å²) in [6.07, 6.45) is 2.38. The highest BCUT2D eigenvalue weighted by atomic mass is 19.1. The molecule has 3 rings (SSSR count). The van der Waals surface area contributed by atoms with E-state index in [2.05, 4.69) is 15.6 Å². The topological polar surface area (TPSA) is 71.1 Å². The van der Waals surface area contributed by atoms with Crippen LogP contribution in [0.25, 0.3) is 0 Å². The number of nitrogens with zero attached hydrogens (tertiary/aromatic N) is 1. The predicted octanol–water partition coefficient (Wildman–Crippen LogP) is 4.00. The molecule has 0 saturated carbocycles. The number of anilines is 2. The standard InChI is InChI=1S/C19H12F3N3O2/c20-13-5-6-17(15(22)8-13)25-19(27)12-7-11(9-23-10-12)18(26)24-16-4-2-1-3-14(16)21/h1-10H,(H,24,26)(H,25,27). The minimum absolute atomic E-state index is 0.00508. The van der Waals surface area contributed by atoms with E-state index in [0.717, 1.165) is 12.1 Å². The Morgan fingerprint density at radius 2 is 1.33 bits per heavy atom. The summed E-state index contributed by atoms with van der Waals surface area (Å²) >= 11 is 0. The Kier molecular flexibility index (Phi) is 5.16. The van der Waals surface area contributed by atoms with Gasteiger partial charge >= 0.3 is 0 Å². The molecule has 0 atom stereocenters. The number of carbonyl (C=O) groups excluding carboxylic acids is 2. The van der Waals surface area contributed by atoms with Crippen LogP contribution < -0.4 is 10.6 Å². The van der Waals surface area contributed by atoms with E-state index in [1.54, 1.807) is 6.07 Å². The number of amides is 2. The van der Waals surface area contributed by atoms with E-state index in [4.69, 9.17) is 0 Å². The van der Waals surface area contributed by atoms with Crippen LogP contribution in [0.5, 0.6) is 0 Å². The molecule has 2 N–H and O–H groups in total. The van der Waals surface area contributed by atoms with Gasteiger partial charge in [0.05, 0.1) is 22.5 Å². The molecule has 5 nitrogen and oxygen atoms in total. The number of hydrogen-bond donors (Lipinski definition) is 2. The molecular formula is C19H12F3N3O2. The van der Waals surface area contributed by atoms with Crippen molar-refractivity contribution in [2.75, 3.05) is 10.6 Å². The normalized spacial score (nSPS) is 10.3. The Balaban J connectivity index is 1.77. The van der Waals surface area contributed by atoms with Gasteiger partial charge in [-0.3, -0.25) is 14.6 Å². The van der Waals surface area contributed by atoms with Crippen molar-refractivity contribution >= 4 is 23.2 Å². The van der Waals surface area contributed by atoms with Crippen molar-refractivity contribution in [3.8, 4) is 0 Å². The highest BCUT2D eigenvalue weighted by molar-refractivity contribution is 6.08. The van der Waals surface area contributed by atoms with Crippen molar-refractivity contribution in [3.63, 3.8) is 0 Å². The number of rotatable bonds is 4. The van der Waals surface area contributed by atoms with E-state index >= 15 is 0 Å².